The number of carbonyl (C=O) groups is 2. The second-order valence-corrected chi connectivity index (χ2v) is 8.58. The minimum absolute atomic E-state index is 0.0671. The summed E-state index contributed by atoms with van der Waals surface area (Å²) in [4.78, 5) is 24.0. The van der Waals surface area contributed by atoms with Crippen molar-refractivity contribution in [1.82, 2.24) is 5.32 Å². The van der Waals surface area contributed by atoms with E-state index < -0.39 is 15.9 Å². The van der Waals surface area contributed by atoms with Crippen molar-refractivity contribution in [2.24, 2.45) is 0 Å². The van der Waals surface area contributed by atoms with Gasteiger partial charge in [0.15, 0.2) is 0 Å². The van der Waals surface area contributed by atoms with E-state index in [1.54, 1.807) is 31.2 Å². The summed E-state index contributed by atoms with van der Waals surface area (Å²) in [5.41, 5.74) is 1.99. The first-order valence-electron chi connectivity index (χ1n) is 8.72. The molecular formula is C19H19N3O4S. The van der Waals surface area contributed by atoms with Crippen LogP contribution in [0.25, 0.3) is 0 Å². The number of amides is 2. The van der Waals surface area contributed by atoms with Crippen LogP contribution in [0.15, 0.2) is 47.4 Å². The largest absolute Gasteiger partial charge is 0.349 e. The van der Waals surface area contributed by atoms with Gasteiger partial charge in [-0.1, -0.05) is 6.07 Å². The molecule has 0 aromatic heterocycles. The van der Waals surface area contributed by atoms with Crippen molar-refractivity contribution in [1.29, 1.82) is 0 Å². The number of benzene rings is 2. The summed E-state index contributed by atoms with van der Waals surface area (Å²) < 4.78 is 28.0. The Labute approximate surface area is 157 Å². The zero-order chi connectivity index (χ0) is 19.2. The molecule has 27 heavy (non-hydrogen) atoms. The molecular weight excluding hydrogens is 366 g/mol. The molecule has 2 aromatic rings. The molecule has 1 aliphatic heterocycles. The Hall–Kier alpha value is -2.87. The van der Waals surface area contributed by atoms with E-state index in [-0.39, 0.29) is 22.8 Å². The highest BCUT2D eigenvalue weighted by Gasteiger charge is 2.28. The third kappa shape index (κ3) is 3.52. The van der Waals surface area contributed by atoms with Crippen molar-refractivity contribution < 1.29 is 18.0 Å². The summed E-state index contributed by atoms with van der Waals surface area (Å²) in [5.74, 6) is -0.763. The maximum absolute atomic E-state index is 12.7. The van der Waals surface area contributed by atoms with E-state index in [1.807, 2.05) is 0 Å². The summed E-state index contributed by atoms with van der Waals surface area (Å²) in [6.07, 6.45) is 1.96. The highest BCUT2D eigenvalue weighted by atomic mass is 32.2. The molecule has 1 fully saturated rings. The molecule has 4 rings (SSSR count). The molecule has 0 spiro atoms. The number of fused-ring (bicyclic) bond motifs is 1. The summed E-state index contributed by atoms with van der Waals surface area (Å²) in [5, 5.41) is 5.59. The molecule has 1 saturated carbocycles. The number of sulfonamides is 1. The molecule has 0 saturated heterocycles. The lowest BCUT2D eigenvalue weighted by molar-refractivity contribution is -0.116. The van der Waals surface area contributed by atoms with Gasteiger partial charge in [0.2, 0.25) is 5.91 Å². The van der Waals surface area contributed by atoms with Gasteiger partial charge in [0, 0.05) is 23.0 Å². The van der Waals surface area contributed by atoms with Crippen molar-refractivity contribution >= 4 is 33.2 Å². The maximum atomic E-state index is 12.7. The van der Waals surface area contributed by atoms with Gasteiger partial charge in [0.05, 0.1) is 10.8 Å². The second kappa shape index (κ2) is 6.38. The van der Waals surface area contributed by atoms with Gasteiger partial charge >= 0.3 is 0 Å². The average molecular weight is 385 g/mol. The minimum Gasteiger partial charge on any atom is -0.349 e. The predicted octanol–water partition coefficient (Wildman–Crippen LogP) is 2.44. The fourth-order valence-electron chi connectivity index (χ4n) is 3.00. The van der Waals surface area contributed by atoms with E-state index in [4.69, 9.17) is 0 Å². The van der Waals surface area contributed by atoms with Gasteiger partial charge in [-0.2, -0.15) is 0 Å². The van der Waals surface area contributed by atoms with E-state index in [9.17, 15) is 18.0 Å². The molecule has 1 aliphatic carbocycles. The number of anilines is 2. The van der Waals surface area contributed by atoms with Crippen molar-refractivity contribution in [3.63, 3.8) is 0 Å². The van der Waals surface area contributed by atoms with Gasteiger partial charge in [-0.15, -0.1) is 0 Å². The van der Waals surface area contributed by atoms with Gasteiger partial charge in [0.25, 0.3) is 15.9 Å². The van der Waals surface area contributed by atoms with Gasteiger partial charge in [-0.3, -0.25) is 14.3 Å². The van der Waals surface area contributed by atoms with E-state index in [2.05, 4.69) is 15.4 Å². The third-order valence-electron chi connectivity index (χ3n) is 4.74. The van der Waals surface area contributed by atoms with Crippen molar-refractivity contribution in [2.75, 3.05) is 10.0 Å². The van der Waals surface area contributed by atoms with E-state index in [0.29, 0.717) is 22.5 Å². The maximum Gasteiger partial charge on any atom is 0.261 e. The molecule has 2 aliphatic rings. The van der Waals surface area contributed by atoms with Crippen LogP contribution in [0, 0.1) is 0 Å². The van der Waals surface area contributed by atoms with Crippen LogP contribution in [0.4, 0.5) is 11.4 Å². The lowest BCUT2D eigenvalue weighted by Crippen LogP contribution is -2.25. The minimum atomic E-state index is -3.85. The molecule has 0 unspecified atom stereocenters. The Bertz CT molecular complexity index is 1040. The number of hydrogen-bond acceptors (Lipinski definition) is 4. The first-order valence-corrected chi connectivity index (χ1v) is 10.2. The Morgan fingerprint density at radius 1 is 1.15 bits per heavy atom. The summed E-state index contributed by atoms with van der Waals surface area (Å²) >= 11 is 0. The second-order valence-electron chi connectivity index (χ2n) is 6.89. The molecule has 0 radical (unpaired) electrons. The fourth-order valence-corrected chi connectivity index (χ4v) is 4.08. The zero-order valence-corrected chi connectivity index (χ0v) is 15.5. The van der Waals surface area contributed by atoms with Gasteiger partial charge in [0.1, 0.15) is 0 Å². The van der Waals surface area contributed by atoms with E-state index >= 15 is 0 Å². The first-order chi connectivity index (χ1) is 12.8. The van der Waals surface area contributed by atoms with Crippen LogP contribution in [0.5, 0.6) is 0 Å². The zero-order valence-electron chi connectivity index (χ0n) is 14.7. The van der Waals surface area contributed by atoms with Crippen LogP contribution < -0.4 is 15.4 Å². The SMILES string of the molecule is C[C@H]1C(=O)Nc2ccc(S(=O)(=O)Nc3cccc(C(=O)NC4CC4)c3)cc21. The molecule has 140 valence electrons. The Morgan fingerprint density at radius 3 is 2.67 bits per heavy atom. The van der Waals surface area contributed by atoms with Crippen LogP contribution in [-0.4, -0.2) is 26.3 Å². The number of carbonyl (C=O) groups excluding carboxylic acids is 2. The van der Waals surface area contributed by atoms with Crippen LogP contribution >= 0.6 is 0 Å². The van der Waals surface area contributed by atoms with Gasteiger partial charge in [-0.25, -0.2) is 8.42 Å². The monoisotopic (exact) mass is 385 g/mol. The Balaban J connectivity index is 1.57. The average Bonchev–Trinajstić information content (AvgIpc) is 3.40. The molecule has 0 bridgehead atoms. The van der Waals surface area contributed by atoms with Crippen LogP contribution in [-0.2, 0) is 14.8 Å². The molecule has 1 atom stereocenters. The van der Waals surface area contributed by atoms with Crippen LogP contribution in [0.3, 0.4) is 0 Å². The number of hydrogen-bond donors (Lipinski definition) is 3. The smallest absolute Gasteiger partial charge is 0.261 e. The van der Waals surface area contributed by atoms with Gasteiger partial charge < -0.3 is 10.6 Å². The molecule has 7 nitrogen and oxygen atoms in total. The Morgan fingerprint density at radius 2 is 1.93 bits per heavy atom. The summed E-state index contributed by atoms with van der Waals surface area (Å²) in [6, 6.07) is 11.1. The standard InChI is InChI=1S/C19H19N3O4S/c1-11-16-10-15(7-8-17(16)21-18(11)23)27(25,26)22-14-4-2-3-12(9-14)19(24)20-13-5-6-13/h2-4,7-11,13,22H,5-6H2,1H3,(H,20,24)(H,21,23)/t11-/m1/s1. The molecule has 1 heterocycles. The van der Waals surface area contributed by atoms with Gasteiger partial charge in [-0.05, 0) is 61.7 Å². The fraction of sp³-hybridized carbons (Fsp3) is 0.263. The normalized spacial score (nSPS) is 18.6. The number of rotatable bonds is 5. The molecule has 3 N–H and O–H groups in total. The lowest BCUT2D eigenvalue weighted by Gasteiger charge is -2.11. The third-order valence-corrected chi connectivity index (χ3v) is 6.12. The van der Waals surface area contributed by atoms with Crippen LogP contribution in [0.1, 0.15) is 41.6 Å². The number of nitrogens with one attached hydrogen (secondary N) is 3. The topological polar surface area (TPSA) is 104 Å². The molecule has 2 amide bonds. The van der Waals surface area contributed by atoms with Crippen molar-refractivity contribution in [3.8, 4) is 0 Å². The predicted molar refractivity (Wildman–Crippen MR) is 101 cm³/mol. The highest BCUT2D eigenvalue weighted by Crippen LogP contribution is 2.34. The van der Waals surface area contributed by atoms with Crippen molar-refractivity contribution in [2.45, 2.75) is 36.6 Å². The lowest BCUT2D eigenvalue weighted by atomic mass is 10.0. The summed E-state index contributed by atoms with van der Waals surface area (Å²) in [7, 11) is -3.85. The van der Waals surface area contributed by atoms with Crippen LogP contribution in [0.2, 0.25) is 0 Å². The van der Waals surface area contributed by atoms with Crippen molar-refractivity contribution in [3.05, 3.63) is 53.6 Å². The highest BCUT2D eigenvalue weighted by molar-refractivity contribution is 7.92. The molecule has 2 aromatic carbocycles. The molecule has 8 heteroatoms. The quantitative estimate of drug-likeness (QED) is 0.735. The summed E-state index contributed by atoms with van der Waals surface area (Å²) in [6.45, 7) is 1.73. The van der Waals surface area contributed by atoms with E-state index in [1.165, 1.54) is 18.2 Å². The van der Waals surface area contributed by atoms with E-state index in [0.717, 1.165) is 12.8 Å². The Kier molecular flexibility index (Phi) is 4.15. The first kappa shape index (κ1) is 17.5.